The van der Waals surface area contributed by atoms with Crippen molar-refractivity contribution in [3.63, 3.8) is 0 Å². The summed E-state index contributed by atoms with van der Waals surface area (Å²) in [5.41, 5.74) is 9.31. The third-order valence-corrected chi connectivity index (χ3v) is 6.47. The topological polar surface area (TPSA) is 16.1 Å². The highest BCUT2D eigenvalue weighted by Gasteiger charge is 2.38. The van der Waals surface area contributed by atoms with Crippen LogP contribution in [0.15, 0.2) is 60.9 Å². The van der Waals surface area contributed by atoms with Crippen LogP contribution in [0.3, 0.4) is 0 Å². The highest BCUT2D eigenvalue weighted by Crippen LogP contribution is 2.53. The molecular formula is C28H34N2. The van der Waals surface area contributed by atoms with Gasteiger partial charge in [0.25, 0.3) is 0 Å². The SMILES string of the molecule is CC(C)(C)c1ccc2c(c1)C(C)(C)c1cc(C(C)(C)C)ccc1N2c1ccncc1. The van der Waals surface area contributed by atoms with Gasteiger partial charge in [-0.15, -0.1) is 0 Å². The first-order valence-corrected chi connectivity index (χ1v) is 10.9. The molecule has 2 heteroatoms. The largest absolute Gasteiger partial charge is 0.310 e. The molecule has 0 fully saturated rings. The monoisotopic (exact) mass is 398 g/mol. The fourth-order valence-electron chi connectivity index (χ4n) is 4.44. The third-order valence-electron chi connectivity index (χ3n) is 6.47. The van der Waals surface area contributed by atoms with Crippen LogP contribution in [0.1, 0.15) is 77.6 Å². The van der Waals surface area contributed by atoms with Gasteiger partial charge in [-0.25, -0.2) is 0 Å². The lowest BCUT2D eigenvalue weighted by molar-refractivity contribution is 0.573. The summed E-state index contributed by atoms with van der Waals surface area (Å²) in [4.78, 5) is 6.65. The molecule has 1 aliphatic rings. The normalized spacial score (nSPS) is 15.5. The van der Waals surface area contributed by atoms with E-state index in [1.165, 1.54) is 33.6 Å². The zero-order valence-electron chi connectivity index (χ0n) is 19.7. The van der Waals surface area contributed by atoms with Gasteiger partial charge in [0, 0.05) is 23.5 Å². The number of hydrogen-bond donors (Lipinski definition) is 0. The van der Waals surface area contributed by atoms with E-state index >= 15 is 0 Å². The molecule has 2 aromatic carbocycles. The number of anilines is 3. The van der Waals surface area contributed by atoms with E-state index in [0.29, 0.717) is 0 Å². The maximum Gasteiger partial charge on any atom is 0.0502 e. The van der Waals surface area contributed by atoms with Gasteiger partial charge in [0.1, 0.15) is 0 Å². The molecule has 156 valence electrons. The van der Waals surface area contributed by atoms with Crippen LogP contribution < -0.4 is 4.90 Å². The fourth-order valence-corrected chi connectivity index (χ4v) is 4.44. The molecule has 30 heavy (non-hydrogen) atoms. The van der Waals surface area contributed by atoms with Crippen LogP contribution in [0.4, 0.5) is 17.1 Å². The van der Waals surface area contributed by atoms with Crippen LogP contribution in [-0.4, -0.2) is 4.98 Å². The van der Waals surface area contributed by atoms with E-state index in [2.05, 4.69) is 114 Å². The number of hydrogen-bond acceptors (Lipinski definition) is 2. The van der Waals surface area contributed by atoms with Crippen LogP contribution in [-0.2, 0) is 16.2 Å². The van der Waals surface area contributed by atoms with E-state index < -0.39 is 0 Å². The van der Waals surface area contributed by atoms with Crippen LogP contribution in [0, 0.1) is 0 Å². The molecule has 2 nitrogen and oxygen atoms in total. The first-order chi connectivity index (χ1) is 13.9. The van der Waals surface area contributed by atoms with E-state index in [-0.39, 0.29) is 16.2 Å². The quantitative estimate of drug-likeness (QED) is 0.416. The molecule has 0 unspecified atom stereocenters. The number of benzene rings is 2. The number of aromatic nitrogens is 1. The van der Waals surface area contributed by atoms with Crippen molar-refractivity contribution in [1.29, 1.82) is 0 Å². The minimum Gasteiger partial charge on any atom is -0.310 e. The zero-order valence-corrected chi connectivity index (χ0v) is 19.7. The van der Waals surface area contributed by atoms with Crippen LogP contribution >= 0.6 is 0 Å². The molecule has 0 N–H and O–H groups in total. The second kappa shape index (κ2) is 6.70. The average molecular weight is 399 g/mol. The van der Waals surface area contributed by atoms with Gasteiger partial charge < -0.3 is 4.90 Å². The first kappa shape index (κ1) is 20.7. The van der Waals surface area contributed by atoms with Crippen LogP contribution in [0.2, 0.25) is 0 Å². The standard InChI is InChI=1S/C28H34N2/c1-26(2,3)19-9-11-24-22(17-19)28(7,8)23-18-20(27(4,5)6)10-12-25(23)30(24)21-13-15-29-16-14-21/h9-18H,1-8H3. The predicted molar refractivity (Wildman–Crippen MR) is 128 cm³/mol. The molecule has 1 aromatic heterocycles. The maximum atomic E-state index is 4.25. The van der Waals surface area contributed by atoms with Crippen molar-refractivity contribution < 1.29 is 0 Å². The van der Waals surface area contributed by atoms with Crippen molar-refractivity contribution in [1.82, 2.24) is 4.98 Å². The highest BCUT2D eigenvalue weighted by atomic mass is 15.2. The molecule has 0 saturated carbocycles. The number of fused-ring (bicyclic) bond motifs is 2. The van der Waals surface area contributed by atoms with E-state index in [1.807, 2.05) is 12.4 Å². The molecule has 2 heterocycles. The van der Waals surface area contributed by atoms with Gasteiger partial charge in [-0.2, -0.15) is 0 Å². The second-order valence-electron chi connectivity index (χ2n) is 11.1. The third kappa shape index (κ3) is 3.33. The van der Waals surface area contributed by atoms with Crippen molar-refractivity contribution in [3.8, 4) is 0 Å². The Morgan fingerprint density at radius 2 is 1.10 bits per heavy atom. The molecule has 0 spiro atoms. The summed E-state index contributed by atoms with van der Waals surface area (Å²) in [6.45, 7) is 18.5. The first-order valence-electron chi connectivity index (χ1n) is 10.9. The van der Waals surface area contributed by atoms with E-state index in [1.54, 1.807) is 0 Å². The second-order valence-corrected chi connectivity index (χ2v) is 11.1. The summed E-state index contributed by atoms with van der Waals surface area (Å²) in [5, 5.41) is 0. The lowest BCUT2D eigenvalue weighted by Gasteiger charge is -2.43. The summed E-state index contributed by atoms with van der Waals surface area (Å²) in [7, 11) is 0. The number of rotatable bonds is 1. The van der Waals surface area contributed by atoms with Gasteiger partial charge in [0.2, 0.25) is 0 Å². The number of pyridine rings is 1. The molecule has 0 radical (unpaired) electrons. The van der Waals surface area contributed by atoms with Crippen LogP contribution in [0.5, 0.6) is 0 Å². The van der Waals surface area contributed by atoms with Gasteiger partial charge in [0.05, 0.1) is 11.4 Å². The molecule has 3 aromatic rings. The van der Waals surface area contributed by atoms with Crippen molar-refractivity contribution in [3.05, 3.63) is 83.2 Å². The van der Waals surface area contributed by atoms with Gasteiger partial charge in [-0.05, 0) is 57.3 Å². The Bertz CT molecular complexity index is 1010. The lowest BCUT2D eigenvalue weighted by Crippen LogP contribution is -2.32. The molecule has 0 atom stereocenters. The van der Waals surface area contributed by atoms with Gasteiger partial charge in [0.15, 0.2) is 0 Å². The Balaban J connectivity index is 2.03. The van der Waals surface area contributed by atoms with E-state index in [0.717, 1.165) is 5.69 Å². The van der Waals surface area contributed by atoms with E-state index in [9.17, 15) is 0 Å². The Morgan fingerprint density at radius 3 is 1.50 bits per heavy atom. The van der Waals surface area contributed by atoms with Crippen molar-refractivity contribution in [2.75, 3.05) is 4.90 Å². The summed E-state index contributed by atoms with van der Waals surface area (Å²) < 4.78 is 0. The Morgan fingerprint density at radius 1 is 0.667 bits per heavy atom. The molecule has 4 rings (SSSR count). The smallest absolute Gasteiger partial charge is 0.0502 e. The molecule has 1 aliphatic heterocycles. The van der Waals surface area contributed by atoms with Gasteiger partial charge in [-0.1, -0.05) is 79.7 Å². The number of nitrogens with zero attached hydrogens (tertiary/aromatic N) is 2. The fraction of sp³-hybridized carbons (Fsp3) is 0.393. The van der Waals surface area contributed by atoms with Crippen molar-refractivity contribution >= 4 is 17.1 Å². The summed E-state index contributed by atoms with van der Waals surface area (Å²) in [5.74, 6) is 0. The lowest BCUT2D eigenvalue weighted by atomic mass is 9.70. The molecule has 0 bridgehead atoms. The molecule has 0 saturated heterocycles. The minimum atomic E-state index is -0.0866. The van der Waals surface area contributed by atoms with E-state index in [4.69, 9.17) is 0 Å². The Labute approximate surface area is 182 Å². The van der Waals surface area contributed by atoms with Crippen LogP contribution in [0.25, 0.3) is 0 Å². The minimum absolute atomic E-state index is 0.0866. The van der Waals surface area contributed by atoms with Gasteiger partial charge in [-0.3, -0.25) is 4.98 Å². The zero-order chi connectivity index (χ0) is 21.9. The maximum absolute atomic E-state index is 4.25. The average Bonchev–Trinajstić information content (AvgIpc) is 2.67. The highest BCUT2D eigenvalue weighted by molar-refractivity contribution is 5.86. The summed E-state index contributed by atoms with van der Waals surface area (Å²) in [6.07, 6.45) is 3.75. The molecule has 0 aliphatic carbocycles. The Kier molecular flexibility index (Phi) is 4.61. The Hall–Kier alpha value is -2.61. The summed E-state index contributed by atoms with van der Waals surface area (Å²) in [6, 6.07) is 18.2. The van der Waals surface area contributed by atoms with Crippen molar-refractivity contribution in [2.24, 2.45) is 0 Å². The summed E-state index contributed by atoms with van der Waals surface area (Å²) >= 11 is 0. The molecular weight excluding hydrogens is 364 g/mol. The molecule has 0 amide bonds. The van der Waals surface area contributed by atoms with Gasteiger partial charge >= 0.3 is 0 Å². The van der Waals surface area contributed by atoms with Crippen molar-refractivity contribution in [2.45, 2.75) is 71.6 Å². The predicted octanol–water partition coefficient (Wildman–Crippen LogP) is 7.79.